The molecule has 0 saturated carbocycles. The molecule has 1 amide bonds. The number of piperidine rings is 1. The molecule has 5 nitrogen and oxygen atoms in total. The Balaban J connectivity index is 1.73. The first kappa shape index (κ1) is 16.8. The summed E-state index contributed by atoms with van der Waals surface area (Å²) in [6, 6.07) is 14.4. The number of hydrogen-bond acceptors (Lipinski definition) is 3. The van der Waals surface area contributed by atoms with Crippen molar-refractivity contribution in [3.8, 4) is 11.3 Å². The molecule has 1 saturated heterocycles. The fourth-order valence-electron chi connectivity index (χ4n) is 3.94. The molecule has 5 heteroatoms. The lowest BCUT2D eigenvalue weighted by molar-refractivity contribution is 0.0504. The van der Waals surface area contributed by atoms with Gasteiger partial charge in [-0.25, -0.2) is 9.50 Å². The molecule has 3 aromatic rings. The maximum atomic E-state index is 13.1. The zero-order chi connectivity index (χ0) is 18.3. The van der Waals surface area contributed by atoms with Gasteiger partial charge >= 0.3 is 0 Å². The van der Waals surface area contributed by atoms with Crippen molar-refractivity contribution in [1.29, 1.82) is 0 Å². The second-order valence-corrected chi connectivity index (χ2v) is 7.29. The highest BCUT2D eigenvalue weighted by Gasteiger charge is 2.31. The van der Waals surface area contributed by atoms with Crippen LogP contribution in [0.2, 0.25) is 0 Å². The van der Waals surface area contributed by atoms with E-state index in [1.165, 1.54) is 6.42 Å². The molecular weight excluding hydrogens is 324 g/mol. The largest absolute Gasteiger partial charge is 0.332 e. The molecule has 0 N–H and O–H groups in total. The lowest BCUT2D eigenvalue weighted by atomic mass is 9.97. The molecule has 4 rings (SSSR count). The van der Waals surface area contributed by atoms with E-state index < -0.39 is 0 Å². The summed E-state index contributed by atoms with van der Waals surface area (Å²) in [5.74, 6) is 0.0101. The summed E-state index contributed by atoms with van der Waals surface area (Å²) >= 11 is 0. The first-order chi connectivity index (χ1) is 12.5. The van der Waals surface area contributed by atoms with Crippen LogP contribution < -0.4 is 0 Å². The number of carbonyl (C=O) groups is 1. The molecule has 1 fully saturated rings. The van der Waals surface area contributed by atoms with Gasteiger partial charge in [-0.15, -0.1) is 0 Å². The lowest BCUT2D eigenvalue weighted by Gasteiger charge is -2.38. The lowest BCUT2D eigenvalue weighted by Crippen LogP contribution is -2.47. The average molecular weight is 348 g/mol. The van der Waals surface area contributed by atoms with Crippen LogP contribution in [0.15, 0.2) is 42.5 Å². The van der Waals surface area contributed by atoms with Crippen molar-refractivity contribution in [2.75, 3.05) is 0 Å². The van der Waals surface area contributed by atoms with E-state index in [9.17, 15) is 4.79 Å². The molecule has 0 aliphatic carbocycles. The van der Waals surface area contributed by atoms with Crippen molar-refractivity contribution in [3.63, 3.8) is 0 Å². The van der Waals surface area contributed by atoms with Crippen LogP contribution in [0.25, 0.3) is 16.9 Å². The van der Waals surface area contributed by atoms with Gasteiger partial charge in [-0.05, 0) is 46.1 Å². The maximum absolute atomic E-state index is 13.1. The highest BCUT2D eigenvalue weighted by atomic mass is 16.2. The first-order valence-electron chi connectivity index (χ1n) is 9.30. The van der Waals surface area contributed by atoms with Gasteiger partial charge in [0.05, 0.1) is 5.69 Å². The molecule has 2 aromatic heterocycles. The van der Waals surface area contributed by atoms with Crippen LogP contribution in [0.4, 0.5) is 0 Å². The fraction of sp³-hybridized carbons (Fsp3) is 0.381. The number of carbonyl (C=O) groups excluding carboxylic acids is 1. The first-order valence-corrected chi connectivity index (χ1v) is 9.30. The number of rotatable bonds is 2. The van der Waals surface area contributed by atoms with Crippen molar-refractivity contribution < 1.29 is 4.79 Å². The Morgan fingerprint density at radius 3 is 2.46 bits per heavy atom. The van der Waals surface area contributed by atoms with Crippen LogP contribution in [-0.2, 0) is 0 Å². The van der Waals surface area contributed by atoms with E-state index in [1.54, 1.807) is 4.52 Å². The van der Waals surface area contributed by atoms with Crippen LogP contribution in [0.1, 0.15) is 49.3 Å². The number of aryl methyl sites for hydroxylation is 1. The van der Waals surface area contributed by atoms with E-state index in [2.05, 4.69) is 18.9 Å². The van der Waals surface area contributed by atoms with Crippen LogP contribution >= 0.6 is 0 Å². The van der Waals surface area contributed by atoms with Crippen molar-refractivity contribution in [1.82, 2.24) is 19.5 Å². The molecule has 1 aliphatic heterocycles. The molecule has 1 aromatic carbocycles. The molecule has 1 aliphatic rings. The second kappa shape index (κ2) is 6.56. The van der Waals surface area contributed by atoms with Gasteiger partial charge in [0.1, 0.15) is 0 Å². The number of likely N-dealkylation sites (tertiary alicyclic amines) is 1. The number of benzene rings is 1. The van der Waals surface area contributed by atoms with Gasteiger partial charge in [-0.3, -0.25) is 4.79 Å². The van der Waals surface area contributed by atoms with Gasteiger partial charge in [0.25, 0.3) is 5.91 Å². The van der Waals surface area contributed by atoms with Crippen molar-refractivity contribution >= 4 is 11.6 Å². The summed E-state index contributed by atoms with van der Waals surface area (Å²) in [5.41, 5.74) is 4.11. The number of fused-ring (bicyclic) bond motifs is 1. The summed E-state index contributed by atoms with van der Waals surface area (Å²) in [6.07, 6.45) is 3.29. The minimum Gasteiger partial charge on any atom is -0.332 e. The number of hydrogen-bond donors (Lipinski definition) is 0. The summed E-state index contributed by atoms with van der Waals surface area (Å²) in [5, 5.41) is 4.55. The number of nitrogens with zero attached hydrogens (tertiary/aromatic N) is 4. The van der Waals surface area contributed by atoms with E-state index in [0.717, 1.165) is 29.8 Å². The minimum absolute atomic E-state index is 0.0101. The fourth-order valence-corrected chi connectivity index (χ4v) is 3.94. The topological polar surface area (TPSA) is 50.5 Å². The minimum atomic E-state index is 0.0101. The maximum Gasteiger partial charge on any atom is 0.274 e. The van der Waals surface area contributed by atoms with Crippen LogP contribution in [0.3, 0.4) is 0 Å². The van der Waals surface area contributed by atoms with Gasteiger partial charge in [-0.1, -0.05) is 30.3 Å². The number of aromatic nitrogens is 3. The Morgan fingerprint density at radius 1 is 1.08 bits per heavy atom. The van der Waals surface area contributed by atoms with Gasteiger partial charge in [0.2, 0.25) is 0 Å². The molecule has 3 heterocycles. The summed E-state index contributed by atoms with van der Waals surface area (Å²) in [6.45, 7) is 6.25. The van der Waals surface area contributed by atoms with E-state index in [4.69, 9.17) is 4.98 Å². The monoisotopic (exact) mass is 348 g/mol. The predicted molar refractivity (Wildman–Crippen MR) is 102 cm³/mol. The Kier molecular flexibility index (Phi) is 4.23. The van der Waals surface area contributed by atoms with Crippen molar-refractivity contribution in [3.05, 3.63) is 53.9 Å². The van der Waals surface area contributed by atoms with E-state index >= 15 is 0 Å². The molecule has 134 valence electrons. The Labute approximate surface area is 153 Å². The smallest absolute Gasteiger partial charge is 0.274 e. The highest BCUT2D eigenvalue weighted by molar-refractivity contribution is 5.94. The SMILES string of the molecule is Cc1cc(-c2ccccc2)nc2cc(C(=O)N3[C@H](C)CCC[C@H]3C)nn12. The normalized spacial score (nSPS) is 20.5. The average Bonchev–Trinajstić information content (AvgIpc) is 3.07. The highest BCUT2D eigenvalue weighted by Crippen LogP contribution is 2.25. The molecule has 26 heavy (non-hydrogen) atoms. The third kappa shape index (κ3) is 2.87. The zero-order valence-corrected chi connectivity index (χ0v) is 15.5. The summed E-state index contributed by atoms with van der Waals surface area (Å²) in [7, 11) is 0. The van der Waals surface area contributed by atoms with E-state index in [1.807, 2.05) is 54.3 Å². The molecule has 2 atom stereocenters. The van der Waals surface area contributed by atoms with Gasteiger partial charge in [0, 0.05) is 29.4 Å². The molecule has 0 radical (unpaired) electrons. The van der Waals surface area contributed by atoms with Gasteiger partial charge in [0.15, 0.2) is 11.3 Å². The summed E-state index contributed by atoms with van der Waals surface area (Å²) < 4.78 is 1.76. The van der Waals surface area contributed by atoms with E-state index in [0.29, 0.717) is 11.3 Å². The van der Waals surface area contributed by atoms with E-state index in [-0.39, 0.29) is 18.0 Å². The number of amides is 1. The summed E-state index contributed by atoms with van der Waals surface area (Å²) in [4.78, 5) is 19.8. The van der Waals surface area contributed by atoms with Gasteiger partial charge in [-0.2, -0.15) is 5.10 Å². The van der Waals surface area contributed by atoms with Crippen molar-refractivity contribution in [2.24, 2.45) is 0 Å². The van der Waals surface area contributed by atoms with Crippen LogP contribution in [-0.4, -0.2) is 37.5 Å². The Bertz CT molecular complexity index is 937. The zero-order valence-electron chi connectivity index (χ0n) is 15.5. The van der Waals surface area contributed by atoms with Crippen LogP contribution in [0, 0.1) is 6.92 Å². The molecule has 0 spiro atoms. The molecule has 0 unspecified atom stereocenters. The third-order valence-corrected chi connectivity index (χ3v) is 5.32. The standard InChI is InChI=1S/C21H24N4O/c1-14-8-7-9-15(2)24(14)21(26)19-13-20-22-18(12-16(3)25(20)23-19)17-10-5-4-6-11-17/h4-6,10-15H,7-9H2,1-3H3/t14-,15-/m1/s1. The van der Waals surface area contributed by atoms with Gasteiger partial charge < -0.3 is 4.90 Å². The van der Waals surface area contributed by atoms with Crippen LogP contribution in [0.5, 0.6) is 0 Å². The van der Waals surface area contributed by atoms with Crippen molar-refractivity contribution in [2.45, 2.75) is 52.1 Å². The quantitative estimate of drug-likeness (QED) is 0.700. The Morgan fingerprint density at radius 2 is 1.77 bits per heavy atom. The third-order valence-electron chi connectivity index (χ3n) is 5.32. The molecular formula is C21H24N4O. The molecule has 0 bridgehead atoms. The second-order valence-electron chi connectivity index (χ2n) is 7.29. The predicted octanol–water partition coefficient (Wildman–Crippen LogP) is 4.11. The Hall–Kier alpha value is -2.69.